The Morgan fingerprint density at radius 2 is 1.75 bits per heavy atom. The van der Waals surface area contributed by atoms with Crippen LogP contribution in [0.1, 0.15) is 38.2 Å². The summed E-state index contributed by atoms with van der Waals surface area (Å²) in [5.74, 6) is -1.20. The van der Waals surface area contributed by atoms with E-state index in [1.54, 1.807) is 57.2 Å². The molecule has 0 bridgehead atoms. The van der Waals surface area contributed by atoms with Crippen LogP contribution in [-0.4, -0.2) is 34.5 Å². The number of alkyl carbamates (subject to hydrolysis) is 1. The molecule has 0 saturated heterocycles. The predicted octanol–water partition coefficient (Wildman–Crippen LogP) is 3.93. The van der Waals surface area contributed by atoms with Gasteiger partial charge in [0, 0.05) is 10.7 Å². The Morgan fingerprint density at radius 1 is 1.11 bits per heavy atom. The minimum Gasteiger partial charge on any atom is -0.444 e. The zero-order valence-electron chi connectivity index (χ0n) is 16.1. The van der Waals surface area contributed by atoms with Crippen molar-refractivity contribution in [1.82, 2.24) is 10.3 Å². The largest absolute Gasteiger partial charge is 0.444 e. The molecule has 0 fully saturated rings. The first-order valence-electron chi connectivity index (χ1n) is 8.63. The molecule has 1 atom stereocenters. The molecule has 0 aliphatic rings. The van der Waals surface area contributed by atoms with Crippen molar-refractivity contribution in [2.75, 3.05) is 4.90 Å². The molecule has 0 saturated carbocycles. The number of hydrogen-bond acceptors (Lipinski definition) is 5. The van der Waals surface area contributed by atoms with Crippen LogP contribution in [0.2, 0.25) is 0 Å². The van der Waals surface area contributed by atoms with Gasteiger partial charge >= 0.3 is 6.09 Å². The van der Waals surface area contributed by atoms with Crippen molar-refractivity contribution in [3.8, 4) is 0 Å². The van der Waals surface area contributed by atoms with E-state index in [0.29, 0.717) is 5.69 Å². The first-order valence-corrected chi connectivity index (χ1v) is 9.42. The van der Waals surface area contributed by atoms with Crippen LogP contribution in [0, 0.1) is 0 Å². The van der Waals surface area contributed by atoms with Crippen molar-refractivity contribution < 1.29 is 19.1 Å². The van der Waals surface area contributed by atoms with E-state index in [2.05, 4.69) is 26.2 Å². The van der Waals surface area contributed by atoms with Crippen molar-refractivity contribution in [1.29, 1.82) is 0 Å². The van der Waals surface area contributed by atoms with Gasteiger partial charge in [0.1, 0.15) is 17.3 Å². The number of nitrogens with one attached hydrogen (secondary N) is 1. The number of pyridine rings is 1. The van der Waals surface area contributed by atoms with E-state index in [-0.39, 0.29) is 5.69 Å². The molecule has 0 spiro atoms. The highest BCUT2D eigenvalue weighted by atomic mass is 79.9. The highest BCUT2D eigenvalue weighted by Gasteiger charge is 2.31. The highest BCUT2D eigenvalue weighted by Crippen LogP contribution is 2.21. The molecule has 8 heteroatoms. The lowest BCUT2D eigenvalue weighted by molar-refractivity contribution is -0.119. The fourth-order valence-corrected chi connectivity index (χ4v) is 2.54. The summed E-state index contributed by atoms with van der Waals surface area (Å²) >= 11 is 3.33. The molecule has 0 radical (unpaired) electrons. The molecule has 1 aromatic heterocycles. The number of carbonyl (C=O) groups is 3. The Balaban J connectivity index is 2.30. The zero-order chi connectivity index (χ0) is 20.9. The monoisotopic (exact) mass is 447 g/mol. The standard InChI is InChI=1S/C20H22BrN3O4/c1-13(23-19(27)28-20(2,3)4)17(25)24(15-10-8-14(21)9-11-15)18(26)16-7-5-6-12-22-16/h5-13H,1-4H3,(H,23,27). The van der Waals surface area contributed by atoms with Gasteiger partial charge in [-0.05, 0) is 64.1 Å². The second-order valence-electron chi connectivity index (χ2n) is 7.04. The van der Waals surface area contributed by atoms with Crippen LogP contribution in [0.15, 0.2) is 53.1 Å². The third-order valence-electron chi connectivity index (χ3n) is 3.50. The first-order chi connectivity index (χ1) is 13.1. The number of hydrogen-bond donors (Lipinski definition) is 1. The lowest BCUT2D eigenvalue weighted by Crippen LogP contribution is -2.50. The normalized spacial score (nSPS) is 12.0. The number of amides is 3. The van der Waals surface area contributed by atoms with Gasteiger partial charge in [-0.2, -0.15) is 0 Å². The summed E-state index contributed by atoms with van der Waals surface area (Å²) in [4.78, 5) is 43.1. The maximum absolute atomic E-state index is 13.0. The molecule has 3 amide bonds. The first kappa shape index (κ1) is 21.6. The number of ether oxygens (including phenoxy) is 1. The lowest BCUT2D eigenvalue weighted by atomic mass is 10.2. The van der Waals surface area contributed by atoms with Gasteiger partial charge in [-0.1, -0.05) is 22.0 Å². The maximum Gasteiger partial charge on any atom is 0.408 e. The predicted molar refractivity (Wildman–Crippen MR) is 109 cm³/mol. The van der Waals surface area contributed by atoms with Gasteiger partial charge in [-0.15, -0.1) is 0 Å². The van der Waals surface area contributed by atoms with Gasteiger partial charge in [0.15, 0.2) is 0 Å². The lowest BCUT2D eigenvalue weighted by Gasteiger charge is -2.26. The molecule has 1 N–H and O–H groups in total. The van der Waals surface area contributed by atoms with Crippen molar-refractivity contribution in [2.45, 2.75) is 39.3 Å². The number of anilines is 1. The van der Waals surface area contributed by atoms with Gasteiger partial charge in [-0.25, -0.2) is 9.69 Å². The molecular weight excluding hydrogens is 426 g/mol. The Kier molecular flexibility index (Phi) is 6.90. The summed E-state index contributed by atoms with van der Waals surface area (Å²) in [6.45, 7) is 6.65. The van der Waals surface area contributed by atoms with Gasteiger partial charge in [0.25, 0.3) is 11.8 Å². The van der Waals surface area contributed by atoms with Crippen LogP contribution in [0.3, 0.4) is 0 Å². The van der Waals surface area contributed by atoms with E-state index in [1.165, 1.54) is 19.2 Å². The molecule has 1 aromatic carbocycles. The number of carbonyl (C=O) groups excluding carboxylic acids is 3. The summed E-state index contributed by atoms with van der Waals surface area (Å²) in [6.07, 6.45) is 0.731. The molecule has 28 heavy (non-hydrogen) atoms. The average molecular weight is 448 g/mol. The van der Waals surface area contributed by atoms with Crippen LogP contribution in [0.4, 0.5) is 10.5 Å². The van der Waals surface area contributed by atoms with E-state index in [1.807, 2.05) is 0 Å². The Hall–Kier alpha value is -2.74. The van der Waals surface area contributed by atoms with Gasteiger partial charge < -0.3 is 10.1 Å². The molecule has 0 aliphatic carbocycles. The van der Waals surface area contributed by atoms with Crippen molar-refractivity contribution >= 4 is 39.5 Å². The molecule has 1 heterocycles. The SMILES string of the molecule is CC(NC(=O)OC(C)(C)C)C(=O)N(C(=O)c1ccccn1)c1ccc(Br)cc1. The molecule has 2 rings (SSSR count). The number of halogens is 1. The summed E-state index contributed by atoms with van der Waals surface area (Å²) in [6, 6.07) is 10.5. The van der Waals surface area contributed by atoms with Gasteiger partial charge in [0.2, 0.25) is 0 Å². The van der Waals surface area contributed by atoms with E-state index in [0.717, 1.165) is 9.37 Å². The third kappa shape index (κ3) is 5.88. The fraction of sp³-hybridized carbons (Fsp3) is 0.300. The molecular formula is C20H22BrN3O4. The maximum atomic E-state index is 13.0. The molecule has 7 nitrogen and oxygen atoms in total. The number of benzene rings is 1. The minimum absolute atomic E-state index is 0.114. The van der Waals surface area contributed by atoms with Crippen LogP contribution in [-0.2, 0) is 9.53 Å². The molecule has 1 unspecified atom stereocenters. The number of aromatic nitrogens is 1. The summed E-state index contributed by atoms with van der Waals surface area (Å²) in [7, 11) is 0. The topological polar surface area (TPSA) is 88.6 Å². The third-order valence-corrected chi connectivity index (χ3v) is 4.02. The van der Waals surface area contributed by atoms with E-state index >= 15 is 0 Å². The van der Waals surface area contributed by atoms with Crippen molar-refractivity contribution in [3.05, 3.63) is 58.8 Å². The van der Waals surface area contributed by atoms with Gasteiger partial charge in [-0.3, -0.25) is 14.6 Å². The second kappa shape index (κ2) is 8.97. The molecule has 148 valence electrons. The highest BCUT2D eigenvalue weighted by molar-refractivity contribution is 9.10. The van der Waals surface area contributed by atoms with Crippen molar-refractivity contribution in [2.24, 2.45) is 0 Å². The van der Waals surface area contributed by atoms with Crippen LogP contribution in [0.5, 0.6) is 0 Å². The fourth-order valence-electron chi connectivity index (χ4n) is 2.28. The number of nitrogens with zero attached hydrogens (tertiary/aromatic N) is 2. The number of imide groups is 1. The van der Waals surface area contributed by atoms with Crippen molar-refractivity contribution in [3.63, 3.8) is 0 Å². The van der Waals surface area contributed by atoms with Crippen LogP contribution >= 0.6 is 15.9 Å². The zero-order valence-corrected chi connectivity index (χ0v) is 17.7. The smallest absolute Gasteiger partial charge is 0.408 e. The molecule has 0 aliphatic heterocycles. The van der Waals surface area contributed by atoms with E-state index in [9.17, 15) is 14.4 Å². The summed E-state index contributed by atoms with van der Waals surface area (Å²) in [5.41, 5.74) is -0.230. The quantitative estimate of drug-likeness (QED) is 0.766. The molecule has 2 aromatic rings. The second-order valence-corrected chi connectivity index (χ2v) is 7.95. The average Bonchev–Trinajstić information content (AvgIpc) is 2.62. The van der Waals surface area contributed by atoms with E-state index < -0.39 is 29.6 Å². The summed E-state index contributed by atoms with van der Waals surface area (Å²) < 4.78 is 5.98. The van der Waals surface area contributed by atoms with E-state index in [4.69, 9.17) is 4.74 Å². The minimum atomic E-state index is -0.994. The van der Waals surface area contributed by atoms with Gasteiger partial charge in [0.05, 0.1) is 5.69 Å². The Labute approximate surface area is 172 Å². The number of rotatable bonds is 4. The Bertz CT molecular complexity index is 848. The van der Waals surface area contributed by atoms with Crippen LogP contribution < -0.4 is 10.2 Å². The Morgan fingerprint density at radius 3 is 2.29 bits per heavy atom. The van der Waals surface area contributed by atoms with Crippen LogP contribution in [0.25, 0.3) is 0 Å². The summed E-state index contributed by atoms with van der Waals surface area (Å²) in [5, 5.41) is 2.47.